The lowest BCUT2D eigenvalue weighted by atomic mass is 10.0. The van der Waals surface area contributed by atoms with Crippen LogP contribution in [0.3, 0.4) is 0 Å². The molecule has 0 bridgehead atoms. The first kappa shape index (κ1) is 29.7. The van der Waals surface area contributed by atoms with Crippen LogP contribution in [0.15, 0.2) is 60.7 Å². The fourth-order valence-electron chi connectivity index (χ4n) is 4.54. The van der Waals surface area contributed by atoms with Crippen LogP contribution in [-0.4, -0.2) is 38.4 Å². The number of carboxylic acid groups (broad SMARTS) is 1. The van der Waals surface area contributed by atoms with Crippen molar-refractivity contribution in [3.63, 3.8) is 0 Å². The number of carbonyl (C=O) groups is 2. The van der Waals surface area contributed by atoms with Crippen molar-refractivity contribution >= 4 is 53.5 Å². The van der Waals surface area contributed by atoms with Gasteiger partial charge >= 0.3 is 5.97 Å². The number of benzene rings is 3. The van der Waals surface area contributed by atoms with Gasteiger partial charge in [-0.2, -0.15) is 0 Å². The molecule has 1 atom stereocenters. The van der Waals surface area contributed by atoms with Gasteiger partial charge in [0.05, 0.1) is 5.52 Å². The van der Waals surface area contributed by atoms with E-state index in [1.807, 2.05) is 24.3 Å². The van der Waals surface area contributed by atoms with Crippen LogP contribution >= 0.6 is 24.8 Å². The Hall–Kier alpha value is -3.86. The highest BCUT2D eigenvalue weighted by atomic mass is 35.5. The number of amides is 1. The summed E-state index contributed by atoms with van der Waals surface area (Å²) in [5.41, 5.74) is 9.42. The molecule has 0 radical (unpaired) electrons. The normalized spacial score (nSPS) is 12.8. The SMILES string of the molecule is Cl.Cl.Nc1nc(C(=O)N2Cc3ccccc3C2)c2cc(C(NCCc3ccc(F)c(F)c3)C(=O)O)ccc2n1. The highest BCUT2D eigenvalue weighted by Gasteiger charge is 2.28. The van der Waals surface area contributed by atoms with Crippen molar-refractivity contribution in [3.05, 3.63) is 100 Å². The van der Waals surface area contributed by atoms with Gasteiger partial charge in [-0.1, -0.05) is 36.4 Å². The van der Waals surface area contributed by atoms with E-state index in [2.05, 4.69) is 15.3 Å². The molecule has 204 valence electrons. The zero-order chi connectivity index (χ0) is 26.1. The van der Waals surface area contributed by atoms with Gasteiger partial charge in [0.25, 0.3) is 5.91 Å². The molecule has 1 aromatic heterocycles. The largest absolute Gasteiger partial charge is 0.480 e. The Morgan fingerprint density at radius 2 is 1.67 bits per heavy atom. The molecule has 1 aliphatic heterocycles. The van der Waals surface area contributed by atoms with E-state index >= 15 is 0 Å². The number of carbonyl (C=O) groups excluding carboxylic acids is 1. The van der Waals surface area contributed by atoms with Crippen LogP contribution in [0.25, 0.3) is 10.9 Å². The van der Waals surface area contributed by atoms with Crippen molar-refractivity contribution < 1.29 is 23.5 Å². The molecule has 8 nitrogen and oxygen atoms in total. The summed E-state index contributed by atoms with van der Waals surface area (Å²) in [5, 5.41) is 13.2. The smallest absolute Gasteiger partial charge is 0.325 e. The number of hydrogen-bond acceptors (Lipinski definition) is 6. The maximum absolute atomic E-state index is 13.5. The molecule has 1 unspecified atom stereocenters. The number of aromatic nitrogens is 2. The van der Waals surface area contributed by atoms with Gasteiger partial charge in [-0.25, -0.2) is 18.7 Å². The highest BCUT2D eigenvalue weighted by molar-refractivity contribution is 6.05. The third-order valence-electron chi connectivity index (χ3n) is 6.39. The second kappa shape index (κ2) is 12.3. The molecule has 0 fully saturated rings. The summed E-state index contributed by atoms with van der Waals surface area (Å²) < 4.78 is 26.7. The Morgan fingerprint density at radius 1 is 0.974 bits per heavy atom. The first-order chi connectivity index (χ1) is 17.8. The van der Waals surface area contributed by atoms with Crippen molar-refractivity contribution in [1.82, 2.24) is 20.2 Å². The Bertz CT molecular complexity index is 1510. The Kier molecular flexibility index (Phi) is 9.39. The van der Waals surface area contributed by atoms with Crippen LogP contribution in [0, 0.1) is 11.6 Å². The zero-order valence-corrected chi connectivity index (χ0v) is 22.1. The molecule has 3 aromatic carbocycles. The van der Waals surface area contributed by atoms with Crippen molar-refractivity contribution in [2.24, 2.45) is 0 Å². The summed E-state index contributed by atoms with van der Waals surface area (Å²) in [4.78, 5) is 35.6. The molecule has 2 heterocycles. The third-order valence-corrected chi connectivity index (χ3v) is 6.39. The molecule has 0 aliphatic carbocycles. The number of halogens is 4. The standard InChI is InChI=1S/C27H23F2N5O3.2ClH/c28-20-7-5-15(11-21(20)29)9-10-31-23(26(36)37)16-6-8-22-19(12-16)24(33-27(30)32-22)25(35)34-13-17-3-1-2-4-18(17)14-34;;/h1-8,11-12,23,31H,9-10,13-14H2,(H,36,37)(H2,30,32,33);2*1H. The number of nitrogens with zero attached hydrogens (tertiary/aromatic N) is 3. The molecular formula is C27H25Cl2F2N5O3. The van der Waals surface area contributed by atoms with E-state index in [0.717, 1.165) is 23.3 Å². The van der Waals surface area contributed by atoms with Gasteiger partial charge in [-0.05, 0) is 52.9 Å². The topological polar surface area (TPSA) is 121 Å². The molecule has 0 saturated heterocycles. The van der Waals surface area contributed by atoms with Gasteiger partial charge in [-0.3, -0.25) is 9.59 Å². The minimum Gasteiger partial charge on any atom is -0.480 e. The van der Waals surface area contributed by atoms with E-state index < -0.39 is 23.6 Å². The number of rotatable bonds is 7. The van der Waals surface area contributed by atoms with Gasteiger partial charge in [0.15, 0.2) is 11.6 Å². The van der Waals surface area contributed by atoms with Gasteiger partial charge in [0.2, 0.25) is 5.95 Å². The number of anilines is 1. The lowest BCUT2D eigenvalue weighted by Crippen LogP contribution is -2.30. The molecule has 1 aliphatic rings. The van der Waals surface area contributed by atoms with Crippen LogP contribution in [0.4, 0.5) is 14.7 Å². The molecule has 39 heavy (non-hydrogen) atoms. The third kappa shape index (κ3) is 6.25. The molecule has 12 heteroatoms. The van der Waals surface area contributed by atoms with Crippen LogP contribution in [0.2, 0.25) is 0 Å². The van der Waals surface area contributed by atoms with Crippen molar-refractivity contribution in [2.75, 3.05) is 12.3 Å². The average Bonchev–Trinajstić information content (AvgIpc) is 3.32. The van der Waals surface area contributed by atoms with E-state index in [1.54, 1.807) is 23.1 Å². The number of nitrogens with two attached hydrogens (primary N) is 1. The zero-order valence-electron chi connectivity index (χ0n) is 20.4. The number of nitrogen functional groups attached to an aromatic ring is 1. The summed E-state index contributed by atoms with van der Waals surface area (Å²) >= 11 is 0. The van der Waals surface area contributed by atoms with Gasteiger partial charge < -0.3 is 21.1 Å². The first-order valence-electron chi connectivity index (χ1n) is 11.6. The lowest BCUT2D eigenvalue weighted by molar-refractivity contribution is -0.139. The van der Waals surface area contributed by atoms with Gasteiger partial charge in [0.1, 0.15) is 11.7 Å². The Labute approximate surface area is 235 Å². The van der Waals surface area contributed by atoms with Gasteiger partial charge in [0, 0.05) is 25.0 Å². The van der Waals surface area contributed by atoms with E-state index in [-0.39, 0.29) is 55.3 Å². The summed E-state index contributed by atoms with van der Waals surface area (Å²) in [6, 6.07) is 15.0. The molecule has 4 N–H and O–H groups in total. The molecule has 5 rings (SSSR count). The Balaban J connectivity index is 0.00000210. The monoisotopic (exact) mass is 575 g/mol. The van der Waals surface area contributed by atoms with Crippen molar-refractivity contribution in [3.8, 4) is 0 Å². The van der Waals surface area contributed by atoms with Crippen molar-refractivity contribution in [2.45, 2.75) is 25.6 Å². The lowest BCUT2D eigenvalue weighted by Gasteiger charge is -2.18. The maximum atomic E-state index is 13.5. The van der Waals surface area contributed by atoms with Crippen molar-refractivity contribution in [1.29, 1.82) is 0 Å². The number of fused-ring (bicyclic) bond motifs is 2. The molecular weight excluding hydrogens is 551 g/mol. The minimum absolute atomic E-state index is 0. The van der Waals surface area contributed by atoms with E-state index in [0.29, 0.717) is 35.1 Å². The molecule has 0 saturated carbocycles. The quantitative estimate of drug-likeness (QED) is 0.297. The second-order valence-corrected chi connectivity index (χ2v) is 8.86. The average molecular weight is 576 g/mol. The fraction of sp³-hybridized carbons (Fsp3) is 0.185. The maximum Gasteiger partial charge on any atom is 0.325 e. The summed E-state index contributed by atoms with van der Waals surface area (Å²) in [6.07, 6.45) is 0.285. The molecule has 4 aromatic rings. The Morgan fingerprint density at radius 3 is 2.31 bits per heavy atom. The number of carboxylic acids is 1. The van der Waals surface area contributed by atoms with Crippen LogP contribution < -0.4 is 11.1 Å². The van der Waals surface area contributed by atoms with E-state index in [9.17, 15) is 23.5 Å². The summed E-state index contributed by atoms with van der Waals surface area (Å²) in [6.45, 7) is 1.06. The van der Waals surface area contributed by atoms with E-state index in [4.69, 9.17) is 5.73 Å². The van der Waals surface area contributed by atoms with Crippen LogP contribution in [0.5, 0.6) is 0 Å². The molecule has 0 spiro atoms. The predicted octanol–water partition coefficient (Wildman–Crippen LogP) is 4.45. The minimum atomic E-state index is -1.14. The summed E-state index contributed by atoms with van der Waals surface area (Å²) in [7, 11) is 0. The number of nitrogens with one attached hydrogen (secondary N) is 1. The molecule has 1 amide bonds. The fourth-order valence-corrected chi connectivity index (χ4v) is 4.54. The number of hydrogen-bond donors (Lipinski definition) is 3. The summed E-state index contributed by atoms with van der Waals surface area (Å²) in [5.74, 6) is -3.42. The first-order valence-corrected chi connectivity index (χ1v) is 11.6. The van der Waals surface area contributed by atoms with E-state index in [1.165, 1.54) is 6.07 Å². The van der Waals surface area contributed by atoms with Gasteiger partial charge in [-0.15, -0.1) is 24.8 Å². The van der Waals surface area contributed by atoms with Crippen LogP contribution in [0.1, 0.15) is 38.8 Å². The highest BCUT2D eigenvalue weighted by Crippen LogP contribution is 2.28. The number of aliphatic carboxylic acids is 1. The van der Waals surface area contributed by atoms with Crippen LogP contribution in [-0.2, 0) is 24.3 Å². The predicted molar refractivity (Wildman–Crippen MR) is 147 cm³/mol. The second-order valence-electron chi connectivity index (χ2n) is 8.86.